The molecule has 7 heteroatoms. The van der Waals surface area contributed by atoms with E-state index < -0.39 is 23.9 Å². The van der Waals surface area contributed by atoms with Gasteiger partial charge in [0.25, 0.3) is 5.91 Å². The topological polar surface area (TPSA) is 79.2 Å². The number of nitrogens with zero attached hydrogens (tertiary/aromatic N) is 2. The molecule has 0 aliphatic heterocycles. The van der Waals surface area contributed by atoms with Gasteiger partial charge in [-0.05, 0) is 39.9 Å². The predicted molar refractivity (Wildman–Crippen MR) is 129 cm³/mol. The molecular weight excluding hydrogens is 431 g/mol. The number of rotatable bonds is 6. The van der Waals surface area contributed by atoms with Crippen molar-refractivity contribution < 1.29 is 14.3 Å². The van der Waals surface area contributed by atoms with Gasteiger partial charge >= 0.3 is 0 Å². The molecule has 5 rings (SSSR count). The van der Waals surface area contributed by atoms with Gasteiger partial charge in [0.05, 0.1) is 17.7 Å². The van der Waals surface area contributed by atoms with E-state index in [4.69, 9.17) is 0 Å². The summed E-state index contributed by atoms with van der Waals surface area (Å²) in [4.78, 5) is 12.9. The molecule has 0 bridgehead atoms. The van der Waals surface area contributed by atoms with E-state index in [0.29, 0.717) is 18.5 Å². The second kappa shape index (κ2) is 9.11. The third kappa shape index (κ3) is 4.43. The minimum atomic E-state index is -0.774. The van der Waals surface area contributed by atoms with Gasteiger partial charge in [0, 0.05) is 32.3 Å². The Bertz CT molecular complexity index is 1340. The molecule has 34 heavy (non-hydrogen) atoms. The van der Waals surface area contributed by atoms with E-state index in [2.05, 4.69) is 15.7 Å². The number of fused-ring (bicyclic) bond motifs is 1. The van der Waals surface area contributed by atoms with Gasteiger partial charge in [-0.1, -0.05) is 54.6 Å². The van der Waals surface area contributed by atoms with Crippen LogP contribution in [0, 0.1) is 5.82 Å². The van der Waals surface area contributed by atoms with Crippen LogP contribution < -0.4 is 10.6 Å². The van der Waals surface area contributed by atoms with Crippen LogP contribution in [0.2, 0.25) is 0 Å². The molecule has 4 aromatic rings. The quantitative estimate of drug-likeness (QED) is 0.406. The van der Waals surface area contributed by atoms with Gasteiger partial charge in [0.15, 0.2) is 0 Å². The van der Waals surface area contributed by atoms with E-state index in [-0.39, 0.29) is 5.56 Å². The van der Waals surface area contributed by atoms with Gasteiger partial charge in [-0.3, -0.25) is 9.48 Å². The minimum absolute atomic E-state index is 0.0479. The van der Waals surface area contributed by atoms with E-state index >= 15 is 0 Å². The Hall–Kier alpha value is -3.97. The molecule has 172 valence electrons. The number of aliphatic hydroxyl groups excluding tert-OH is 1. The fourth-order valence-corrected chi connectivity index (χ4v) is 4.38. The Kier molecular flexibility index (Phi) is 5.86. The van der Waals surface area contributed by atoms with Crippen LogP contribution in [-0.2, 0) is 20.0 Å². The number of carbonyl (C=O) groups excluding carboxylic acids is 1. The summed E-state index contributed by atoms with van der Waals surface area (Å²) < 4.78 is 16.6. The maximum atomic E-state index is 14.8. The highest BCUT2D eigenvalue weighted by molar-refractivity contribution is 5.95. The summed E-state index contributed by atoms with van der Waals surface area (Å²) in [6.45, 7) is 0.552. The fourth-order valence-electron chi connectivity index (χ4n) is 4.38. The number of hydrogen-bond acceptors (Lipinski definition) is 4. The molecule has 0 unspecified atom stereocenters. The average Bonchev–Trinajstić information content (AvgIpc) is 3.40. The molecule has 0 saturated heterocycles. The first-order chi connectivity index (χ1) is 16.5. The third-order valence-corrected chi connectivity index (χ3v) is 6.15. The Morgan fingerprint density at radius 1 is 1.09 bits per heavy atom. The first kappa shape index (κ1) is 21.9. The number of carbonyl (C=O) groups is 1. The first-order valence-electron chi connectivity index (χ1n) is 11.2. The second-order valence-electron chi connectivity index (χ2n) is 8.54. The van der Waals surface area contributed by atoms with Crippen LogP contribution in [0.15, 0.2) is 79.0 Å². The van der Waals surface area contributed by atoms with Crippen molar-refractivity contribution in [3.63, 3.8) is 0 Å². The smallest absolute Gasteiger partial charge is 0.254 e. The van der Waals surface area contributed by atoms with Crippen LogP contribution in [-0.4, -0.2) is 26.9 Å². The Morgan fingerprint density at radius 3 is 2.65 bits per heavy atom. The van der Waals surface area contributed by atoms with E-state index in [1.165, 1.54) is 12.1 Å². The summed E-state index contributed by atoms with van der Waals surface area (Å²) in [5.74, 6) is -0.381. The van der Waals surface area contributed by atoms with E-state index in [9.17, 15) is 14.3 Å². The van der Waals surface area contributed by atoms with Crippen molar-refractivity contribution in [2.24, 2.45) is 7.05 Å². The van der Waals surface area contributed by atoms with Crippen LogP contribution in [0.3, 0.4) is 0 Å². The molecule has 1 amide bonds. The maximum absolute atomic E-state index is 14.8. The third-order valence-electron chi connectivity index (χ3n) is 6.15. The van der Waals surface area contributed by atoms with Gasteiger partial charge in [0.2, 0.25) is 0 Å². The molecule has 0 spiro atoms. The maximum Gasteiger partial charge on any atom is 0.254 e. The van der Waals surface area contributed by atoms with Gasteiger partial charge in [-0.15, -0.1) is 0 Å². The molecule has 0 radical (unpaired) electrons. The lowest BCUT2D eigenvalue weighted by Gasteiger charge is -2.19. The SMILES string of the molecule is Cn1ccc(NCc2ccc3c(c2)[C@@H](NC(=O)c2ccc(-c4ccccc4)cc2F)[C@H](O)C3)n1. The molecule has 2 atom stereocenters. The van der Waals surface area contributed by atoms with E-state index in [1.807, 2.05) is 67.8 Å². The molecule has 1 aromatic heterocycles. The largest absolute Gasteiger partial charge is 0.390 e. The molecule has 3 N–H and O–H groups in total. The highest BCUT2D eigenvalue weighted by Gasteiger charge is 2.33. The van der Waals surface area contributed by atoms with E-state index in [0.717, 1.165) is 28.1 Å². The Balaban J connectivity index is 1.32. The zero-order valence-electron chi connectivity index (χ0n) is 18.7. The van der Waals surface area contributed by atoms with Gasteiger partial charge in [-0.25, -0.2) is 4.39 Å². The van der Waals surface area contributed by atoms with Crippen LogP contribution in [0.25, 0.3) is 11.1 Å². The highest BCUT2D eigenvalue weighted by atomic mass is 19.1. The number of nitrogens with one attached hydrogen (secondary N) is 2. The number of halogens is 1. The lowest BCUT2D eigenvalue weighted by molar-refractivity contribution is 0.0854. The molecule has 3 aromatic carbocycles. The standard InChI is InChI=1S/C27H25FN4O2/c1-32-12-11-25(31-32)29-16-17-7-8-20-15-24(33)26(22(20)13-17)30-27(34)21-10-9-19(14-23(21)28)18-5-3-2-4-6-18/h2-14,24,26,33H,15-16H2,1H3,(H,29,31)(H,30,34)/t24-,26-/m1/s1. The fraction of sp³-hybridized carbons (Fsp3) is 0.185. The Labute approximate surface area is 197 Å². The van der Waals surface area contributed by atoms with Crippen LogP contribution in [0.1, 0.15) is 33.1 Å². The molecule has 0 saturated carbocycles. The number of aliphatic hydroxyl groups is 1. The van der Waals surface area contributed by atoms with Crippen molar-refractivity contribution in [2.75, 3.05) is 5.32 Å². The molecule has 6 nitrogen and oxygen atoms in total. The monoisotopic (exact) mass is 456 g/mol. The number of anilines is 1. The van der Waals surface area contributed by atoms with Crippen molar-refractivity contribution in [2.45, 2.75) is 25.1 Å². The Morgan fingerprint density at radius 2 is 1.91 bits per heavy atom. The van der Waals surface area contributed by atoms with Crippen LogP contribution in [0.4, 0.5) is 10.2 Å². The lowest BCUT2D eigenvalue weighted by Crippen LogP contribution is -2.34. The minimum Gasteiger partial charge on any atom is -0.390 e. The first-order valence-corrected chi connectivity index (χ1v) is 11.2. The zero-order chi connectivity index (χ0) is 23.7. The summed E-state index contributed by atoms with van der Waals surface area (Å²) >= 11 is 0. The molecular formula is C27H25FN4O2. The van der Waals surface area contributed by atoms with E-state index in [1.54, 1.807) is 10.7 Å². The number of benzene rings is 3. The zero-order valence-corrected chi connectivity index (χ0v) is 18.7. The highest BCUT2D eigenvalue weighted by Crippen LogP contribution is 2.33. The summed E-state index contributed by atoms with van der Waals surface area (Å²) in [6.07, 6.45) is 1.52. The molecule has 1 aliphatic carbocycles. The number of aryl methyl sites for hydroxylation is 1. The number of aromatic nitrogens is 2. The summed E-state index contributed by atoms with van der Waals surface area (Å²) in [5, 5.41) is 21.0. The number of hydrogen-bond donors (Lipinski definition) is 3. The predicted octanol–water partition coefficient (Wildman–Crippen LogP) is 4.23. The number of amides is 1. The summed E-state index contributed by atoms with van der Waals surface area (Å²) in [7, 11) is 1.85. The van der Waals surface area contributed by atoms with Crippen molar-refractivity contribution >= 4 is 11.7 Å². The van der Waals surface area contributed by atoms with Crippen molar-refractivity contribution in [1.82, 2.24) is 15.1 Å². The van der Waals surface area contributed by atoms with Crippen molar-refractivity contribution in [1.29, 1.82) is 0 Å². The summed E-state index contributed by atoms with van der Waals surface area (Å²) in [6, 6.07) is 21.2. The summed E-state index contributed by atoms with van der Waals surface area (Å²) in [5.41, 5.74) is 4.34. The average molecular weight is 457 g/mol. The second-order valence-corrected chi connectivity index (χ2v) is 8.54. The van der Waals surface area contributed by atoms with Gasteiger partial charge in [-0.2, -0.15) is 5.10 Å². The molecule has 1 heterocycles. The van der Waals surface area contributed by atoms with Crippen LogP contribution in [0.5, 0.6) is 0 Å². The van der Waals surface area contributed by atoms with Crippen LogP contribution >= 0.6 is 0 Å². The van der Waals surface area contributed by atoms with Gasteiger partial charge in [0.1, 0.15) is 11.6 Å². The normalized spacial score (nSPS) is 16.8. The van der Waals surface area contributed by atoms with Crippen molar-refractivity contribution in [3.05, 3.63) is 107 Å². The van der Waals surface area contributed by atoms with Gasteiger partial charge < -0.3 is 15.7 Å². The lowest BCUT2D eigenvalue weighted by atomic mass is 10.0. The van der Waals surface area contributed by atoms with Crippen molar-refractivity contribution in [3.8, 4) is 11.1 Å². The molecule has 1 aliphatic rings. The molecule has 0 fully saturated rings.